The van der Waals surface area contributed by atoms with Gasteiger partial charge in [0.2, 0.25) is 0 Å². The Labute approximate surface area is 270 Å². The maximum atomic E-state index is 4.62. The van der Waals surface area contributed by atoms with Crippen molar-refractivity contribution < 1.29 is 0 Å². The van der Waals surface area contributed by atoms with Gasteiger partial charge in [-0.15, -0.1) is 0 Å². The van der Waals surface area contributed by atoms with Crippen LogP contribution in [-0.2, 0) is 19.3 Å². The predicted molar refractivity (Wildman–Crippen MR) is 187 cm³/mol. The molecule has 0 spiro atoms. The molecule has 0 bridgehead atoms. The SMILES string of the molecule is CCC(C)C1CCCc2cccnc21.CCC(CC)C1CCCc2cccnc21.CCCC(C)C1CCCc2cccnc21. The van der Waals surface area contributed by atoms with Gasteiger partial charge in [-0.3, -0.25) is 15.0 Å². The maximum absolute atomic E-state index is 4.62. The molecule has 3 aliphatic carbocycles. The second kappa shape index (κ2) is 17.8. The van der Waals surface area contributed by atoms with Gasteiger partial charge in [0.15, 0.2) is 0 Å². The van der Waals surface area contributed by atoms with Crippen molar-refractivity contribution in [3.05, 3.63) is 88.8 Å². The number of nitrogens with zero attached hydrogens (tertiary/aromatic N) is 3. The Morgan fingerprint density at radius 2 is 0.977 bits per heavy atom. The van der Waals surface area contributed by atoms with Crippen molar-refractivity contribution in [3.8, 4) is 0 Å². The van der Waals surface area contributed by atoms with Gasteiger partial charge < -0.3 is 0 Å². The molecule has 0 radical (unpaired) electrons. The van der Waals surface area contributed by atoms with Crippen LogP contribution in [0, 0.1) is 17.8 Å². The smallest absolute Gasteiger partial charge is 0.0469 e. The van der Waals surface area contributed by atoms with Gasteiger partial charge in [-0.25, -0.2) is 0 Å². The summed E-state index contributed by atoms with van der Waals surface area (Å²) in [6, 6.07) is 13.0. The highest BCUT2D eigenvalue weighted by Gasteiger charge is 2.28. The van der Waals surface area contributed by atoms with Crippen LogP contribution in [0.4, 0.5) is 0 Å². The molecule has 3 heteroatoms. The van der Waals surface area contributed by atoms with E-state index in [2.05, 4.69) is 92.9 Å². The summed E-state index contributed by atoms with van der Waals surface area (Å²) in [4.78, 5) is 13.8. The first-order valence-electron chi connectivity index (χ1n) is 18.3. The van der Waals surface area contributed by atoms with Gasteiger partial charge in [0.25, 0.3) is 0 Å². The Hall–Kier alpha value is -2.55. The molecule has 3 aromatic rings. The van der Waals surface area contributed by atoms with Crippen LogP contribution >= 0.6 is 0 Å². The van der Waals surface area contributed by atoms with E-state index in [1.807, 2.05) is 18.6 Å². The zero-order valence-corrected chi connectivity index (χ0v) is 28.9. The minimum absolute atomic E-state index is 0.713. The zero-order valence-electron chi connectivity index (χ0n) is 28.9. The van der Waals surface area contributed by atoms with Crippen LogP contribution in [0.5, 0.6) is 0 Å². The lowest BCUT2D eigenvalue weighted by atomic mass is 9.76. The van der Waals surface area contributed by atoms with E-state index in [9.17, 15) is 0 Å². The largest absolute Gasteiger partial charge is 0.261 e. The Kier molecular flexibility index (Phi) is 13.9. The predicted octanol–water partition coefficient (Wildman–Crippen LogP) is 11.4. The molecular formula is C41H61N3. The molecule has 6 rings (SSSR count). The summed E-state index contributed by atoms with van der Waals surface area (Å²) in [5.74, 6) is 4.57. The van der Waals surface area contributed by atoms with Gasteiger partial charge in [-0.05, 0) is 110 Å². The highest BCUT2D eigenvalue weighted by atomic mass is 14.7. The Balaban J connectivity index is 0.000000151. The molecule has 0 saturated heterocycles. The molecule has 44 heavy (non-hydrogen) atoms. The van der Waals surface area contributed by atoms with Crippen LogP contribution in [-0.4, -0.2) is 15.0 Å². The minimum atomic E-state index is 0.713. The molecule has 5 unspecified atom stereocenters. The van der Waals surface area contributed by atoms with Crippen LogP contribution < -0.4 is 0 Å². The van der Waals surface area contributed by atoms with Crippen LogP contribution in [0.25, 0.3) is 0 Å². The molecule has 3 aliphatic rings. The van der Waals surface area contributed by atoms with E-state index in [-0.39, 0.29) is 0 Å². The summed E-state index contributed by atoms with van der Waals surface area (Å²) in [6.07, 6.45) is 24.1. The third-order valence-corrected chi connectivity index (χ3v) is 11.1. The lowest BCUT2D eigenvalue weighted by Gasteiger charge is -2.30. The molecule has 3 aromatic heterocycles. The molecular weight excluding hydrogens is 534 g/mol. The van der Waals surface area contributed by atoms with Crippen molar-refractivity contribution in [2.45, 2.75) is 149 Å². The number of aryl methyl sites for hydroxylation is 3. The highest BCUT2D eigenvalue weighted by Crippen LogP contribution is 2.39. The molecule has 240 valence electrons. The first-order chi connectivity index (χ1) is 21.5. The normalized spacial score (nSPS) is 21.8. The van der Waals surface area contributed by atoms with Gasteiger partial charge >= 0.3 is 0 Å². The molecule has 3 nitrogen and oxygen atoms in total. The van der Waals surface area contributed by atoms with Crippen LogP contribution in [0.1, 0.15) is 164 Å². The molecule has 0 fully saturated rings. The van der Waals surface area contributed by atoms with E-state index in [1.165, 1.54) is 124 Å². The summed E-state index contributed by atoms with van der Waals surface area (Å²) < 4.78 is 0. The highest BCUT2D eigenvalue weighted by molar-refractivity contribution is 5.28. The summed E-state index contributed by atoms with van der Waals surface area (Å²) in [7, 11) is 0. The zero-order chi connectivity index (χ0) is 31.3. The summed E-state index contributed by atoms with van der Waals surface area (Å²) in [6.45, 7) is 13.9. The van der Waals surface area contributed by atoms with Crippen molar-refractivity contribution in [1.82, 2.24) is 15.0 Å². The molecule has 0 amide bonds. The Morgan fingerprint density at radius 1 is 0.568 bits per heavy atom. The van der Waals surface area contributed by atoms with Gasteiger partial charge in [0.1, 0.15) is 0 Å². The maximum Gasteiger partial charge on any atom is 0.0469 e. The van der Waals surface area contributed by atoms with E-state index >= 15 is 0 Å². The average molecular weight is 596 g/mol. The standard InChI is InChI=1S/2C14H21N.C13H19N/c1-3-6-11(2)13-9-4-7-12-8-5-10-15-14(12)13;1-3-11(4-2)13-9-5-7-12-8-6-10-15-14(12)13;1-3-10(2)12-8-4-6-11-7-5-9-14-13(11)12/h5,8,10-11,13H,3-4,6-7,9H2,1-2H3;6,8,10-11,13H,3-5,7,9H2,1-2H3;5,7,9-10,12H,3-4,6,8H2,1-2H3. The fraction of sp³-hybridized carbons (Fsp3) is 0.634. The fourth-order valence-corrected chi connectivity index (χ4v) is 8.30. The van der Waals surface area contributed by atoms with Gasteiger partial charge in [0, 0.05) is 53.4 Å². The molecule has 0 aliphatic heterocycles. The van der Waals surface area contributed by atoms with Gasteiger partial charge in [-0.2, -0.15) is 0 Å². The van der Waals surface area contributed by atoms with Crippen LogP contribution in [0.3, 0.4) is 0 Å². The minimum Gasteiger partial charge on any atom is -0.261 e. The van der Waals surface area contributed by atoms with Crippen molar-refractivity contribution >= 4 is 0 Å². The van der Waals surface area contributed by atoms with E-state index in [4.69, 9.17) is 0 Å². The van der Waals surface area contributed by atoms with E-state index < -0.39 is 0 Å². The van der Waals surface area contributed by atoms with Gasteiger partial charge in [-0.1, -0.05) is 91.8 Å². The second-order valence-electron chi connectivity index (χ2n) is 13.9. The topological polar surface area (TPSA) is 38.7 Å². The van der Waals surface area contributed by atoms with Crippen molar-refractivity contribution in [3.63, 3.8) is 0 Å². The molecule has 0 N–H and O–H groups in total. The van der Waals surface area contributed by atoms with Crippen molar-refractivity contribution in [1.29, 1.82) is 0 Å². The summed E-state index contributed by atoms with van der Waals surface area (Å²) in [5, 5.41) is 0. The third-order valence-electron chi connectivity index (χ3n) is 11.1. The molecule has 0 aromatic carbocycles. The first-order valence-corrected chi connectivity index (χ1v) is 18.3. The number of hydrogen-bond donors (Lipinski definition) is 0. The van der Waals surface area contributed by atoms with Crippen LogP contribution in [0.2, 0.25) is 0 Å². The lowest BCUT2D eigenvalue weighted by molar-refractivity contribution is 0.351. The van der Waals surface area contributed by atoms with Crippen molar-refractivity contribution in [2.75, 3.05) is 0 Å². The molecule has 0 saturated carbocycles. The number of fused-ring (bicyclic) bond motifs is 3. The number of pyridine rings is 3. The van der Waals surface area contributed by atoms with Gasteiger partial charge in [0.05, 0.1) is 0 Å². The molecule has 3 heterocycles. The van der Waals surface area contributed by atoms with Crippen LogP contribution in [0.15, 0.2) is 55.0 Å². The summed E-state index contributed by atoms with van der Waals surface area (Å²) >= 11 is 0. The van der Waals surface area contributed by atoms with E-state index in [0.717, 1.165) is 29.6 Å². The van der Waals surface area contributed by atoms with E-state index in [0.29, 0.717) is 5.92 Å². The van der Waals surface area contributed by atoms with Crippen molar-refractivity contribution in [2.24, 2.45) is 17.8 Å². The van der Waals surface area contributed by atoms with E-state index in [1.54, 1.807) is 0 Å². The number of aromatic nitrogens is 3. The average Bonchev–Trinajstić information content (AvgIpc) is 3.08. The lowest BCUT2D eigenvalue weighted by Crippen LogP contribution is -2.19. The monoisotopic (exact) mass is 595 g/mol. The first kappa shape index (κ1) is 34.3. The molecule has 5 atom stereocenters. The Morgan fingerprint density at radius 3 is 1.39 bits per heavy atom. The fourth-order valence-electron chi connectivity index (χ4n) is 8.30. The third kappa shape index (κ3) is 8.79. The Bertz CT molecular complexity index is 1250. The summed E-state index contributed by atoms with van der Waals surface area (Å²) in [5.41, 5.74) is 8.66. The number of rotatable bonds is 8. The second-order valence-corrected chi connectivity index (χ2v) is 13.9. The number of hydrogen-bond acceptors (Lipinski definition) is 3. The quantitative estimate of drug-likeness (QED) is 0.260.